The van der Waals surface area contributed by atoms with E-state index in [-0.39, 0.29) is 5.57 Å². The Kier molecular flexibility index (Phi) is 6.34. The SMILES string of the molecule is COC(=O)c1ccc(CN/C=C(/C#N)C(=O)NC(C)(C)C)cc1. The van der Waals surface area contributed by atoms with Gasteiger partial charge in [0.2, 0.25) is 0 Å². The second kappa shape index (κ2) is 7.99. The van der Waals surface area contributed by atoms with Crippen molar-refractivity contribution in [2.45, 2.75) is 32.9 Å². The van der Waals surface area contributed by atoms with Gasteiger partial charge in [0.1, 0.15) is 11.6 Å². The highest BCUT2D eigenvalue weighted by Gasteiger charge is 2.16. The Bertz CT molecular complexity index is 635. The number of nitrogens with one attached hydrogen (secondary N) is 2. The van der Waals surface area contributed by atoms with Crippen LogP contribution < -0.4 is 10.6 Å². The van der Waals surface area contributed by atoms with Gasteiger partial charge in [0.15, 0.2) is 0 Å². The molecule has 0 aliphatic heterocycles. The van der Waals surface area contributed by atoms with Crippen LogP contribution in [-0.4, -0.2) is 24.5 Å². The van der Waals surface area contributed by atoms with E-state index in [4.69, 9.17) is 5.26 Å². The Labute approximate surface area is 136 Å². The number of nitriles is 1. The summed E-state index contributed by atoms with van der Waals surface area (Å²) in [6.45, 7) is 5.96. The lowest BCUT2D eigenvalue weighted by atomic mass is 10.1. The number of esters is 1. The van der Waals surface area contributed by atoms with Crippen molar-refractivity contribution in [2.75, 3.05) is 7.11 Å². The van der Waals surface area contributed by atoms with E-state index in [1.54, 1.807) is 24.3 Å². The van der Waals surface area contributed by atoms with Gasteiger partial charge in [0.05, 0.1) is 12.7 Å². The molecule has 0 atom stereocenters. The molecule has 122 valence electrons. The third-order valence-corrected chi connectivity index (χ3v) is 2.78. The molecule has 0 saturated heterocycles. The van der Waals surface area contributed by atoms with Crippen LogP contribution in [-0.2, 0) is 16.1 Å². The molecule has 0 aromatic heterocycles. The van der Waals surface area contributed by atoms with Gasteiger partial charge in [-0.15, -0.1) is 0 Å². The van der Waals surface area contributed by atoms with E-state index >= 15 is 0 Å². The molecule has 1 aromatic rings. The van der Waals surface area contributed by atoms with Crippen molar-refractivity contribution < 1.29 is 14.3 Å². The average molecular weight is 315 g/mol. The Morgan fingerprint density at radius 3 is 2.35 bits per heavy atom. The summed E-state index contributed by atoms with van der Waals surface area (Å²) in [7, 11) is 1.33. The van der Waals surface area contributed by atoms with Crippen LogP contribution >= 0.6 is 0 Å². The second-order valence-electron chi connectivity index (χ2n) is 5.94. The predicted octanol–water partition coefficient (Wildman–Crippen LogP) is 1.88. The van der Waals surface area contributed by atoms with Gasteiger partial charge in [-0.25, -0.2) is 4.79 Å². The molecule has 0 radical (unpaired) electrons. The highest BCUT2D eigenvalue weighted by molar-refractivity contribution is 5.97. The summed E-state index contributed by atoms with van der Waals surface area (Å²) < 4.78 is 4.62. The lowest BCUT2D eigenvalue weighted by Crippen LogP contribution is -2.41. The third kappa shape index (κ3) is 6.22. The first-order valence-electron chi connectivity index (χ1n) is 7.10. The zero-order chi connectivity index (χ0) is 17.5. The fourth-order valence-electron chi connectivity index (χ4n) is 1.70. The van der Waals surface area contributed by atoms with Gasteiger partial charge in [-0.1, -0.05) is 12.1 Å². The molecule has 0 unspecified atom stereocenters. The summed E-state index contributed by atoms with van der Waals surface area (Å²) >= 11 is 0. The molecule has 6 heteroatoms. The van der Waals surface area contributed by atoms with E-state index in [0.29, 0.717) is 12.1 Å². The van der Waals surface area contributed by atoms with Crippen molar-refractivity contribution >= 4 is 11.9 Å². The molecule has 0 fully saturated rings. The molecule has 0 spiro atoms. The standard InChI is InChI=1S/C17H21N3O3/c1-17(2,3)20-15(21)14(9-18)11-19-10-12-5-7-13(8-6-12)16(22)23-4/h5-8,11,19H,10H2,1-4H3,(H,20,21)/b14-11-. The zero-order valence-electron chi connectivity index (χ0n) is 13.8. The van der Waals surface area contributed by atoms with Crippen molar-refractivity contribution in [1.29, 1.82) is 5.26 Å². The number of carbonyl (C=O) groups excluding carboxylic acids is 2. The van der Waals surface area contributed by atoms with Gasteiger partial charge in [0.25, 0.3) is 5.91 Å². The van der Waals surface area contributed by atoms with Crippen LogP contribution in [0.2, 0.25) is 0 Å². The summed E-state index contributed by atoms with van der Waals surface area (Å²) in [6, 6.07) is 8.73. The van der Waals surface area contributed by atoms with Gasteiger partial charge in [-0.3, -0.25) is 4.79 Å². The van der Waals surface area contributed by atoms with Crippen molar-refractivity contribution in [1.82, 2.24) is 10.6 Å². The lowest BCUT2D eigenvalue weighted by Gasteiger charge is -2.20. The van der Waals surface area contributed by atoms with Crippen molar-refractivity contribution in [3.63, 3.8) is 0 Å². The quantitative estimate of drug-likeness (QED) is 0.492. The van der Waals surface area contributed by atoms with Gasteiger partial charge in [-0.2, -0.15) is 5.26 Å². The minimum Gasteiger partial charge on any atom is -0.465 e. The Balaban J connectivity index is 2.64. The summed E-state index contributed by atoms with van der Waals surface area (Å²) in [4.78, 5) is 23.2. The van der Waals surface area contributed by atoms with Crippen LogP contribution in [0.3, 0.4) is 0 Å². The Morgan fingerprint density at radius 2 is 1.87 bits per heavy atom. The molecular formula is C17H21N3O3. The minimum absolute atomic E-state index is 0.00565. The van der Waals surface area contributed by atoms with Crippen molar-refractivity contribution in [3.8, 4) is 6.07 Å². The second-order valence-corrected chi connectivity index (χ2v) is 5.94. The molecule has 0 aliphatic rings. The van der Waals surface area contributed by atoms with Gasteiger partial charge < -0.3 is 15.4 Å². The van der Waals surface area contributed by atoms with Crippen molar-refractivity contribution in [2.24, 2.45) is 0 Å². The number of methoxy groups -OCH3 is 1. The number of carbonyl (C=O) groups is 2. The lowest BCUT2D eigenvalue weighted by molar-refractivity contribution is -0.118. The van der Waals surface area contributed by atoms with Gasteiger partial charge in [-0.05, 0) is 38.5 Å². The summed E-state index contributed by atoms with van der Waals surface area (Å²) in [5, 5.41) is 14.7. The largest absolute Gasteiger partial charge is 0.465 e. The number of rotatable bonds is 5. The number of hydrogen-bond acceptors (Lipinski definition) is 5. The van der Waals surface area contributed by atoms with E-state index in [1.807, 2.05) is 26.8 Å². The molecule has 1 amide bonds. The van der Waals surface area contributed by atoms with Crippen LogP contribution in [0, 0.1) is 11.3 Å². The number of benzene rings is 1. The first kappa shape index (κ1) is 18.2. The van der Waals surface area contributed by atoms with Crippen LogP contribution in [0.4, 0.5) is 0 Å². The maximum absolute atomic E-state index is 11.9. The predicted molar refractivity (Wildman–Crippen MR) is 86.2 cm³/mol. The number of ether oxygens (including phenoxy) is 1. The molecule has 23 heavy (non-hydrogen) atoms. The molecule has 0 heterocycles. The molecule has 1 aromatic carbocycles. The van der Waals surface area contributed by atoms with E-state index < -0.39 is 17.4 Å². The van der Waals surface area contributed by atoms with E-state index in [0.717, 1.165) is 5.56 Å². The van der Waals surface area contributed by atoms with E-state index in [9.17, 15) is 9.59 Å². The molecule has 6 nitrogen and oxygen atoms in total. The van der Waals surface area contributed by atoms with Gasteiger partial charge in [0, 0.05) is 18.3 Å². The number of hydrogen-bond donors (Lipinski definition) is 2. The van der Waals surface area contributed by atoms with E-state index in [2.05, 4.69) is 15.4 Å². The highest BCUT2D eigenvalue weighted by Crippen LogP contribution is 2.06. The summed E-state index contributed by atoms with van der Waals surface area (Å²) in [6.07, 6.45) is 1.38. The average Bonchev–Trinajstić information content (AvgIpc) is 2.49. The topological polar surface area (TPSA) is 91.2 Å². The Hall–Kier alpha value is -2.81. The Morgan fingerprint density at radius 1 is 1.26 bits per heavy atom. The number of nitrogens with zero attached hydrogens (tertiary/aromatic N) is 1. The van der Waals surface area contributed by atoms with Crippen LogP contribution in [0.5, 0.6) is 0 Å². The molecule has 0 bridgehead atoms. The summed E-state index contributed by atoms with van der Waals surface area (Å²) in [5.74, 6) is -0.816. The fraction of sp³-hybridized carbons (Fsp3) is 0.353. The molecule has 1 rings (SSSR count). The number of amides is 1. The maximum atomic E-state index is 11.9. The smallest absolute Gasteiger partial charge is 0.337 e. The maximum Gasteiger partial charge on any atom is 0.337 e. The molecule has 0 aliphatic carbocycles. The van der Waals surface area contributed by atoms with Crippen LogP contribution in [0.25, 0.3) is 0 Å². The van der Waals surface area contributed by atoms with Crippen LogP contribution in [0.1, 0.15) is 36.7 Å². The molecule has 2 N–H and O–H groups in total. The van der Waals surface area contributed by atoms with Crippen molar-refractivity contribution in [3.05, 3.63) is 47.2 Å². The highest BCUT2D eigenvalue weighted by atomic mass is 16.5. The first-order chi connectivity index (χ1) is 10.8. The first-order valence-corrected chi connectivity index (χ1v) is 7.10. The zero-order valence-corrected chi connectivity index (χ0v) is 13.8. The molecule has 0 saturated carbocycles. The third-order valence-electron chi connectivity index (χ3n) is 2.78. The monoisotopic (exact) mass is 315 g/mol. The minimum atomic E-state index is -0.423. The fourth-order valence-corrected chi connectivity index (χ4v) is 1.70. The molecular weight excluding hydrogens is 294 g/mol. The normalized spacial score (nSPS) is 11.3. The van der Waals surface area contributed by atoms with E-state index in [1.165, 1.54) is 13.3 Å². The van der Waals surface area contributed by atoms with Gasteiger partial charge >= 0.3 is 5.97 Å². The summed E-state index contributed by atoms with van der Waals surface area (Å²) in [5.41, 5.74) is 0.971. The van der Waals surface area contributed by atoms with Crippen LogP contribution in [0.15, 0.2) is 36.0 Å².